The van der Waals surface area contributed by atoms with Gasteiger partial charge in [0, 0.05) is 41.6 Å². The molecule has 2 N–H and O–H groups in total. The molecule has 24 heavy (non-hydrogen) atoms. The summed E-state index contributed by atoms with van der Waals surface area (Å²) in [5.74, 6) is 1.50. The van der Waals surface area contributed by atoms with Crippen LogP contribution in [-0.4, -0.2) is 36.2 Å². The Labute approximate surface area is 149 Å². The van der Waals surface area contributed by atoms with Gasteiger partial charge >= 0.3 is 0 Å². The van der Waals surface area contributed by atoms with Crippen molar-refractivity contribution in [2.24, 2.45) is 16.3 Å². The third kappa shape index (κ3) is 3.45. The standard InChI is InChI=1S/C18H30N4OS/c1-5-12-10-20-14(24-12)11-21-17(19-6-2)22-15-13-8-7-9-23-16(13)18(15,3)4/h10,13,15-16H,5-9,11H2,1-4H3,(H2,19,21,22). The number of ether oxygens (including phenoxy) is 1. The molecule has 1 aromatic rings. The van der Waals surface area contributed by atoms with Crippen LogP contribution in [0.5, 0.6) is 0 Å². The van der Waals surface area contributed by atoms with E-state index in [1.807, 2.05) is 6.20 Å². The second-order valence-corrected chi connectivity index (χ2v) is 8.51. The van der Waals surface area contributed by atoms with Crippen LogP contribution in [0, 0.1) is 11.3 Å². The highest BCUT2D eigenvalue weighted by atomic mass is 32.1. The van der Waals surface area contributed by atoms with Crippen LogP contribution >= 0.6 is 11.3 Å². The molecule has 2 heterocycles. The topological polar surface area (TPSA) is 58.5 Å². The maximum atomic E-state index is 6.00. The smallest absolute Gasteiger partial charge is 0.191 e. The van der Waals surface area contributed by atoms with E-state index in [2.05, 4.69) is 43.3 Å². The summed E-state index contributed by atoms with van der Waals surface area (Å²) in [5.41, 5.74) is 0.151. The number of hydrogen-bond donors (Lipinski definition) is 2. The third-order valence-corrected chi connectivity index (χ3v) is 6.42. The first-order valence-electron chi connectivity index (χ1n) is 9.16. The molecule has 134 valence electrons. The van der Waals surface area contributed by atoms with Crippen molar-refractivity contribution < 1.29 is 4.74 Å². The zero-order valence-corrected chi connectivity index (χ0v) is 16.1. The molecule has 5 nitrogen and oxygen atoms in total. The Morgan fingerprint density at radius 3 is 3.00 bits per heavy atom. The summed E-state index contributed by atoms with van der Waals surface area (Å²) in [6.45, 7) is 11.3. The third-order valence-electron chi connectivity index (χ3n) is 5.29. The van der Waals surface area contributed by atoms with Crippen LogP contribution in [0.15, 0.2) is 11.2 Å². The van der Waals surface area contributed by atoms with Crippen molar-refractivity contribution in [2.75, 3.05) is 13.2 Å². The van der Waals surface area contributed by atoms with E-state index in [1.165, 1.54) is 17.7 Å². The van der Waals surface area contributed by atoms with Gasteiger partial charge in [-0.2, -0.15) is 0 Å². The van der Waals surface area contributed by atoms with Gasteiger partial charge in [0.25, 0.3) is 0 Å². The molecule has 0 bridgehead atoms. The van der Waals surface area contributed by atoms with E-state index in [9.17, 15) is 0 Å². The maximum Gasteiger partial charge on any atom is 0.191 e. The molecule has 2 fully saturated rings. The van der Waals surface area contributed by atoms with Gasteiger partial charge < -0.3 is 15.4 Å². The highest BCUT2D eigenvalue weighted by molar-refractivity contribution is 7.11. The molecule has 3 atom stereocenters. The summed E-state index contributed by atoms with van der Waals surface area (Å²) in [6, 6.07) is 0.420. The molecule has 3 rings (SSSR count). The number of nitrogens with zero attached hydrogens (tertiary/aromatic N) is 2. The Kier molecular flexibility index (Phi) is 5.45. The first-order valence-corrected chi connectivity index (χ1v) is 9.98. The van der Waals surface area contributed by atoms with E-state index in [0.29, 0.717) is 24.6 Å². The van der Waals surface area contributed by atoms with Crippen molar-refractivity contribution in [3.8, 4) is 0 Å². The van der Waals surface area contributed by atoms with Crippen molar-refractivity contribution in [1.29, 1.82) is 0 Å². The lowest BCUT2D eigenvalue weighted by atomic mass is 9.55. The predicted octanol–water partition coefficient (Wildman–Crippen LogP) is 2.96. The fourth-order valence-corrected chi connectivity index (χ4v) is 4.80. The highest BCUT2D eigenvalue weighted by Crippen LogP contribution is 2.51. The Morgan fingerprint density at radius 1 is 1.46 bits per heavy atom. The van der Waals surface area contributed by atoms with Gasteiger partial charge in [-0.1, -0.05) is 20.8 Å². The normalized spacial score (nSPS) is 28.8. The first-order chi connectivity index (χ1) is 11.6. The Hall–Kier alpha value is -1.14. The monoisotopic (exact) mass is 350 g/mol. The van der Waals surface area contributed by atoms with Crippen molar-refractivity contribution in [2.45, 2.75) is 65.6 Å². The Bertz CT molecular complexity index is 583. The lowest BCUT2D eigenvalue weighted by molar-refractivity contribution is -0.188. The van der Waals surface area contributed by atoms with Crippen LogP contribution in [0.25, 0.3) is 0 Å². The second-order valence-electron chi connectivity index (χ2n) is 7.31. The SMILES string of the molecule is CCNC(=NCc1ncc(CC)s1)NC1C2CCCOC2C1(C)C. The van der Waals surface area contributed by atoms with Crippen LogP contribution in [0.1, 0.15) is 50.4 Å². The van der Waals surface area contributed by atoms with Gasteiger partial charge in [-0.15, -0.1) is 11.3 Å². The summed E-state index contributed by atoms with van der Waals surface area (Å²) >= 11 is 1.76. The van der Waals surface area contributed by atoms with E-state index in [-0.39, 0.29) is 5.41 Å². The van der Waals surface area contributed by atoms with Crippen LogP contribution in [0.3, 0.4) is 0 Å². The number of hydrogen-bond acceptors (Lipinski definition) is 4. The number of guanidine groups is 1. The number of nitrogens with one attached hydrogen (secondary N) is 2. The molecular weight excluding hydrogens is 320 g/mol. The molecule has 1 saturated carbocycles. The quantitative estimate of drug-likeness (QED) is 0.633. The lowest BCUT2D eigenvalue weighted by Gasteiger charge is -2.60. The first kappa shape index (κ1) is 17.7. The molecule has 1 aliphatic heterocycles. The van der Waals surface area contributed by atoms with E-state index in [1.54, 1.807) is 11.3 Å². The molecule has 0 spiro atoms. The summed E-state index contributed by atoms with van der Waals surface area (Å²) in [7, 11) is 0. The van der Waals surface area contributed by atoms with Gasteiger partial charge in [-0.05, 0) is 26.2 Å². The number of aromatic nitrogens is 1. The minimum Gasteiger partial charge on any atom is -0.377 e. The molecule has 3 unspecified atom stereocenters. The number of aryl methyl sites for hydroxylation is 1. The van der Waals surface area contributed by atoms with Crippen molar-refractivity contribution in [3.05, 3.63) is 16.1 Å². The second kappa shape index (κ2) is 7.40. The summed E-state index contributed by atoms with van der Waals surface area (Å²) < 4.78 is 6.00. The summed E-state index contributed by atoms with van der Waals surface area (Å²) in [5, 5.41) is 8.13. The molecule has 0 aromatic carbocycles. The molecule has 6 heteroatoms. The number of aliphatic imine (C=N–C) groups is 1. The average molecular weight is 351 g/mol. The van der Waals surface area contributed by atoms with Gasteiger partial charge in [-0.3, -0.25) is 0 Å². The summed E-state index contributed by atoms with van der Waals surface area (Å²) in [4.78, 5) is 10.5. The zero-order chi connectivity index (χ0) is 17.2. The van der Waals surface area contributed by atoms with Gasteiger partial charge in [0.1, 0.15) is 5.01 Å². The van der Waals surface area contributed by atoms with Crippen molar-refractivity contribution in [3.63, 3.8) is 0 Å². The zero-order valence-electron chi connectivity index (χ0n) is 15.3. The van der Waals surface area contributed by atoms with Crippen molar-refractivity contribution >= 4 is 17.3 Å². The molecule has 1 aromatic heterocycles. The van der Waals surface area contributed by atoms with Gasteiger partial charge in [0.05, 0.1) is 12.6 Å². The predicted molar refractivity (Wildman–Crippen MR) is 99.5 cm³/mol. The summed E-state index contributed by atoms with van der Waals surface area (Å²) in [6.07, 6.45) is 5.81. The van der Waals surface area contributed by atoms with Crippen molar-refractivity contribution in [1.82, 2.24) is 15.6 Å². The van der Waals surface area contributed by atoms with Gasteiger partial charge in [0.2, 0.25) is 0 Å². The largest absolute Gasteiger partial charge is 0.377 e. The van der Waals surface area contributed by atoms with E-state index >= 15 is 0 Å². The maximum absolute atomic E-state index is 6.00. The number of thiazole rings is 1. The van der Waals surface area contributed by atoms with E-state index in [4.69, 9.17) is 9.73 Å². The molecule has 1 saturated heterocycles. The molecule has 2 aliphatic rings. The molecule has 0 radical (unpaired) electrons. The van der Waals surface area contributed by atoms with E-state index in [0.717, 1.165) is 30.5 Å². The van der Waals surface area contributed by atoms with Gasteiger partial charge in [0.15, 0.2) is 5.96 Å². The minimum absolute atomic E-state index is 0.151. The molecule has 0 amide bonds. The fourth-order valence-electron chi connectivity index (χ4n) is 4.01. The van der Waals surface area contributed by atoms with Gasteiger partial charge in [-0.25, -0.2) is 9.98 Å². The Balaban J connectivity index is 1.65. The lowest BCUT2D eigenvalue weighted by Crippen LogP contribution is -2.71. The highest BCUT2D eigenvalue weighted by Gasteiger charge is 2.58. The average Bonchev–Trinajstić information content (AvgIpc) is 3.05. The molecular formula is C18H30N4OS. The van der Waals surface area contributed by atoms with Crippen LogP contribution < -0.4 is 10.6 Å². The van der Waals surface area contributed by atoms with Crippen LogP contribution in [-0.2, 0) is 17.7 Å². The number of fused-ring (bicyclic) bond motifs is 1. The van der Waals surface area contributed by atoms with E-state index < -0.39 is 0 Å². The fraction of sp³-hybridized carbons (Fsp3) is 0.778. The Morgan fingerprint density at radius 2 is 2.29 bits per heavy atom. The van der Waals surface area contributed by atoms with Crippen LogP contribution in [0.2, 0.25) is 0 Å². The minimum atomic E-state index is 0.151. The van der Waals surface area contributed by atoms with Crippen LogP contribution in [0.4, 0.5) is 0 Å². The molecule has 1 aliphatic carbocycles. The number of rotatable bonds is 5.